The minimum absolute atomic E-state index is 0.217. The van der Waals surface area contributed by atoms with Crippen molar-refractivity contribution in [2.24, 2.45) is 0 Å². The summed E-state index contributed by atoms with van der Waals surface area (Å²) in [7, 11) is 0. The van der Waals surface area contributed by atoms with Crippen molar-refractivity contribution in [1.29, 1.82) is 0 Å². The summed E-state index contributed by atoms with van der Waals surface area (Å²) < 4.78 is 14.4. The molecule has 3 heterocycles. The molecule has 0 amide bonds. The third kappa shape index (κ3) is 5.44. The van der Waals surface area contributed by atoms with E-state index < -0.39 is 0 Å². The van der Waals surface area contributed by atoms with Gasteiger partial charge in [0, 0.05) is 16.1 Å². The second kappa shape index (κ2) is 10.4. The lowest BCUT2D eigenvalue weighted by molar-refractivity contribution is 0.309. The molecule has 0 spiro atoms. The summed E-state index contributed by atoms with van der Waals surface area (Å²) in [5.41, 5.74) is 1.74. The standard InChI is InChI=1S/C27H22BrN3O3S/c1-2-3-15-33-21-10-7-18(8-11-21)9-14-25-29-27-31(30-25)26(32)24(35-27)17-22-12-13-23(34-22)19-5-4-6-20(28)16-19/h4-14,16-17H,2-3,15H2,1H3/b14-9+,24-17-. The maximum Gasteiger partial charge on any atom is 0.291 e. The average molecular weight is 548 g/mol. The minimum atomic E-state index is -0.217. The molecule has 0 N–H and O–H groups in total. The van der Waals surface area contributed by atoms with Crippen LogP contribution in [0.5, 0.6) is 5.75 Å². The molecule has 0 fully saturated rings. The van der Waals surface area contributed by atoms with Crippen LogP contribution >= 0.6 is 27.3 Å². The van der Waals surface area contributed by atoms with Crippen molar-refractivity contribution in [3.63, 3.8) is 0 Å². The molecule has 5 aromatic rings. The molecular formula is C27H22BrN3O3S. The molecule has 0 aliphatic carbocycles. The van der Waals surface area contributed by atoms with E-state index in [1.807, 2.05) is 66.7 Å². The van der Waals surface area contributed by atoms with Gasteiger partial charge in [0.2, 0.25) is 4.96 Å². The number of thiazole rings is 1. The van der Waals surface area contributed by atoms with Gasteiger partial charge in [0.1, 0.15) is 21.8 Å². The quantitative estimate of drug-likeness (QED) is 0.220. The molecule has 3 aromatic heterocycles. The highest BCUT2D eigenvalue weighted by molar-refractivity contribution is 9.10. The number of furan rings is 1. The van der Waals surface area contributed by atoms with Gasteiger partial charge in [-0.15, -0.1) is 5.10 Å². The monoisotopic (exact) mass is 547 g/mol. The van der Waals surface area contributed by atoms with E-state index in [9.17, 15) is 4.79 Å². The number of halogens is 1. The van der Waals surface area contributed by atoms with Gasteiger partial charge in [0.05, 0.1) is 6.61 Å². The molecule has 2 aromatic carbocycles. The van der Waals surface area contributed by atoms with Gasteiger partial charge in [0.25, 0.3) is 5.56 Å². The van der Waals surface area contributed by atoms with Crippen LogP contribution in [-0.2, 0) is 0 Å². The molecular weight excluding hydrogens is 526 g/mol. The second-order valence-corrected chi connectivity index (χ2v) is 9.82. The molecule has 0 saturated heterocycles. The zero-order valence-corrected chi connectivity index (χ0v) is 21.4. The first-order chi connectivity index (χ1) is 17.1. The summed E-state index contributed by atoms with van der Waals surface area (Å²) in [6.45, 7) is 2.87. The molecule has 0 saturated carbocycles. The van der Waals surface area contributed by atoms with E-state index in [-0.39, 0.29) is 5.56 Å². The summed E-state index contributed by atoms with van der Waals surface area (Å²) in [5, 5.41) is 4.36. The fourth-order valence-electron chi connectivity index (χ4n) is 3.46. The molecule has 6 nitrogen and oxygen atoms in total. The van der Waals surface area contributed by atoms with E-state index in [2.05, 4.69) is 32.9 Å². The maximum absolute atomic E-state index is 12.8. The molecule has 0 unspecified atom stereocenters. The first-order valence-electron chi connectivity index (χ1n) is 11.3. The van der Waals surface area contributed by atoms with Crippen molar-refractivity contribution in [1.82, 2.24) is 14.6 Å². The van der Waals surface area contributed by atoms with E-state index >= 15 is 0 Å². The van der Waals surface area contributed by atoms with Crippen molar-refractivity contribution in [3.8, 4) is 17.1 Å². The van der Waals surface area contributed by atoms with Crippen molar-refractivity contribution in [2.75, 3.05) is 6.61 Å². The highest BCUT2D eigenvalue weighted by Crippen LogP contribution is 2.25. The van der Waals surface area contributed by atoms with Crippen molar-refractivity contribution in [2.45, 2.75) is 19.8 Å². The van der Waals surface area contributed by atoms with Crippen LogP contribution in [0.3, 0.4) is 0 Å². The fourth-order valence-corrected chi connectivity index (χ4v) is 4.75. The average Bonchev–Trinajstić information content (AvgIpc) is 3.56. The second-order valence-electron chi connectivity index (χ2n) is 7.90. The third-order valence-corrected chi connectivity index (χ3v) is 6.73. The normalized spacial score (nSPS) is 12.2. The van der Waals surface area contributed by atoms with Gasteiger partial charge in [-0.1, -0.05) is 71.0 Å². The van der Waals surface area contributed by atoms with Gasteiger partial charge >= 0.3 is 0 Å². The molecule has 0 aliphatic rings. The Kier molecular flexibility index (Phi) is 6.92. The molecule has 176 valence electrons. The molecule has 0 atom stereocenters. The molecule has 35 heavy (non-hydrogen) atoms. The predicted octanol–water partition coefficient (Wildman–Crippen LogP) is 6.07. The number of ether oxygens (including phenoxy) is 1. The van der Waals surface area contributed by atoms with Gasteiger partial charge in [-0.05, 0) is 54.5 Å². The van der Waals surface area contributed by atoms with E-state index in [4.69, 9.17) is 9.15 Å². The van der Waals surface area contributed by atoms with Gasteiger partial charge in [-0.25, -0.2) is 0 Å². The minimum Gasteiger partial charge on any atom is -0.494 e. The van der Waals surface area contributed by atoms with Crippen LogP contribution < -0.4 is 14.8 Å². The zero-order valence-electron chi connectivity index (χ0n) is 19.0. The molecule has 0 radical (unpaired) electrons. The Labute approximate surface area is 214 Å². The molecule has 8 heteroatoms. The highest BCUT2D eigenvalue weighted by Gasteiger charge is 2.10. The largest absolute Gasteiger partial charge is 0.494 e. The number of nitrogens with zero attached hydrogens (tertiary/aromatic N) is 3. The van der Waals surface area contributed by atoms with Gasteiger partial charge < -0.3 is 9.15 Å². The van der Waals surface area contributed by atoms with Crippen LogP contribution in [0.2, 0.25) is 0 Å². The van der Waals surface area contributed by atoms with Crippen LogP contribution in [0.25, 0.3) is 34.5 Å². The summed E-state index contributed by atoms with van der Waals surface area (Å²) in [4.78, 5) is 17.9. The van der Waals surface area contributed by atoms with Crippen molar-refractivity contribution < 1.29 is 9.15 Å². The fraction of sp³-hybridized carbons (Fsp3) is 0.148. The maximum atomic E-state index is 12.8. The van der Waals surface area contributed by atoms with Gasteiger partial charge in [0.15, 0.2) is 5.82 Å². The summed E-state index contributed by atoms with van der Waals surface area (Å²) >= 11 is 4.76. The van der Waals surface area contributed by atoms with Crippen LogP contribution in [0.15, 0.2) is 74.3 Å². The Balaban J connectivity index is 1.32. The number of hydrogen-bond donors (Lipinski definition) is 0. The van der Waals surface area contributed by atoms with E-state index in [1.165, 1.54) is 15.9 Å². The number of rotatable bonds is 8. The summed E-state index contributed by atoms with van der Waals surface area (Å²) in [5.74, 6) is 2.68. The zero-order chi connectivity index (χ0) is 24.2. The van der Waals surface area contributed by atoms with Gasteiger partial charge in [-0.3, -0.25) is 4.79 Å². The first-order valence-corrected chi connectivity index (χ1v) is 12.9. The topological polar surface area (TPSA) is 69.6 Å². The lowest BCUT2D eigenvalue weighted by Gasteiger charge is -2.04. The number of fused-ring (bicyclic) bond motifs is 1. The van der Waals surface area contributed by atoms with Crippen LogP contribution in [0, 0.1) is 0 Å². The van der Waals surface area contributed by atoms with Crippen molar-refractivity contribution >= 4 is 50.5 Å². The van der Waals surface area contributed by atoms with Crippen molar-refractivity contribution in [3.05, 3.63) is 97.2 Å². The van der Waals surface area contributed by atoms with Crippen LogP contribution in [0.4, 0.5) is 0 Å². The highest BCUT2D eigenvalue weighted by atomic mass is 79.9. The van der Waals surface area contributed by atoms with E-state index in [1.54, 1.807) is 12.2 Å². The number of aromatic nitrogens is 3. The summed E-state index contributed by atoms with van der Waals surface area (Å²) in [6.07, 6.45) is 7.59. The van der Waals surface area contributed by atoms with E-state index in [0.717, 1.165) is 46.6 Å². The van der Waals surface area contributed by atoms with Crippen LogP contribution in [-0.4, -0.2) is 21.2 Å². The Morgan fingerprint density at radius 2 is 1.97 bits per heavy atom. The van der Waals surface area contributed by atoms with E-state index in [0.29, 0.717) is 21.1 Å². The first kappa shape index (κ1) is 23.3. The number of benzene rings is 2. The Morgan fingerprint density at radius 1 is 1.11 bits per heavy atom. The predicted molar refractivity (Wildman–Crippen MR) is 144 cm³/mol. The smallest absolute Gasteiger partial charge is 0.291 e. The van der Waals surface area contributed by atoms with Gasteiger partial charge in [-0.2, -0.15) is 9.50 Å². The molecule has 0 aliphatic heterocycles. The summed E-state index contributed by atoms with van der Waals surface area (Å²) in [6, 6.07) is 19.5. The SMILES string of the molecule is CCCCOc1ccc(/C=C/c2nc3s/c(=C\c4ccc(-c5cccc(Br)c5)o4)c(=O)n3n2)cc1. The Bertz CT molecular complexity index is 1600. The molecule has 0 bridgehead atoms. The number of unbranched alkanes of at least 4 members (excludes halogenated alkanes) is 1. The third-order valence-electron chi connectivity index (χ3n) is 5.28. The lowest BCUT2D eigenvalue weighted by Crippen LogP contribution is -2.23. The molecule has 5 rings (SSSR count). The number of hydrogen-bond acceptors (Lipinski definition) is 6. The lowest BCUT2D eigenvalue weighted by atomic mass is 10.2. The Hall–Kier alpha value is -3.49. The van der Waals surface area contributed by atoms with Crippen LogP contribution in [0.1, 0.15) is 36.9 Å². The Morgan fingerprint density at radius 3 is 2.74 bits per heavy atom.